The number of amides is 1. The van der Waals surface area contributed by atoms with Crippen LogP contribution in [0.5, 0.6) is 5.88 Å². The van der Waals surface area contributed by atoms with E-state index < -0.39 is 6.09 Å². The van der Waals surface area contributed by atoms with Gasteiger partial charge in [-0.25, -0.2) is 9.78 Å². The van der Waals surface area contributed by atoms with Crippen LogP contribution in [-0.4, -0.2) is 57.1 Å². The van der Waals surface area contributed by atoms with Gasteiger partial charge in [0.05, 0.1) is 17.0 Å². The molecule has 0 aliphatic carbocycles. The number of carboxylic acid groups (broad SMARTS) is 1. The number of hydrogen-bond acceptors (Lipinski definition) is 6. The Hall–Kier alpha value is -3.18. The summed E-state index contributed by atoms with van der Waals surface area (Å²) in [5, 5.41) is 17.8. The van der Waals surface area contributed by atoms with Gasteiger partial charge in [0.2, 0.25) is 5.88 Å². The van der Waals surface area contributed by atoms with Crippen molar-refractivity contribution in [1.29, 1.82) is 5.26 Å². The van der Waals surface area contributed by atoms with Crippen LogP contribution in [0.3, 0.4) is 0 Å². The highest BCUT2D eigenvalue weighted by molar-refractivity contribution is 5.65. The van der Waals surface area contributed by atoms with E-state index in [-0.39, 0.29) is 6.61 Å². The van der Waals surface area contributed by atoms with Gasteiger partial charge in [0, 0.05) is 45.0 Å². The van der Waals surface area contributed by atoms with Crippen molar-refractivity contribution in [3.05, 3.63) is 53.5 Å². The molecule has 8 nitrogen and oxygen atoms in total. The number of carbonyl (C=O) groups is 1. The second kappa shape index (κ2) is 8.27. The normalized spacial score (nSPS) is 14.7. The number of ether oxygens (including phenoxy) is 1. The molecule has 2 aromatic heterocycles. The molecular weight excluding hydrogens is 334 g/mol. The smallest absolute Gasteiger partial charge is 0.407 e. The lowest BCUT2D eigenvalue weighted by Crippen LogP contribution is -2.47. The van der Waals surface area contributed by atoms with Gasteiger partial charge in [-0.2, -0.15) is 5.26 Å². The molecule has 8 heteroatoms. The number of aromatic nitrogens is 2. The Morgan fingerprint density at radius 2 is 2.00 bits per heavy atom. The van der Waals surface area contributed by atoms with E-state index in [0.29, 0.717) is 44.2 Å². The third kappa shape index (κ3) is 4.68. The molecule has 0 radical (unpaired) electrons. The Morgan fingerprint density at radius 3 is 2.65 bits per heavy atom. The van der Waals surface area contributed by atoms with Gasteiger partial charge in [0.15, 0.2) is 0 Å². The summed E-state index contributed by atoms with van der Waals surface area (Å²) in [7, 11) is 0. The van der Waals surface area contributed by atoms with Crippen molar-refractivity contribution in [3.63, 3.8) is 0 Å². The summed E-state index contributed by atoms with van der Waals surface area (Å²) in [5.41, 5.74) is 2.11. The molecule has 0 unspecified atom stereocenters. The molecule has 3 rings (SSSR count). The van der Waals surface area contributed by atoms with Crippen molar-refractivity contribution in [2.24, 2.45) is 0 Å². The van der Waals surface area contributed by atoms with Gasteiger partial charge < -0.3 is 14.7 Å². The van der Waals surface area contributed by atoms with Crippen LogP contribution < -0.4 is 4.74 Å². The number of piperazine rings is 1. The van der Waals surface area contributed by atoms with Crippen LogP contribution in [0.25, 0.3) is 0 Å². The molecule has 26 heavy (non-hydrogen) atoms. The van der Waals surface area contributed by atoms with E-state index in [2.05, 4.69) is 14.9 Å². The summed E-state index contributed by atoms with van der Waals surface area (Å²) in [6, 6.07) is 11.1. The van der Waals surface area contributed by atoms with Crippen LogP contribution in [-0.2, 0) is 13.2 Å². The van der Waals surface area contributed by atoms with Crippen LogP contribution in [0.4, 0.5) is 4.79 Å². The molecule has 2 aromatic rings. The van der Waals surface area contributed by atoms with E-state index in [1.165, 1.54) is 11.1 Å². The summed E-state index contributed by atoms with van der Waals surface area (Å²) in [5.74, 6) is 0.512. The Balaban J connectivity index is 1.53. The minimum Gasteiger partial charge on any atom is -0.471 e. The van der Waals surface area contributed by atoms with Crippen molar-refractivity contribution in [2.45, 2.75) is 13.2 Å². The van der Waals surface area contributed by atoms with E-state index in [0.717, 1.165) is 11.4 Å². The lowest BCUT2D eigenvalue weighted by Gasteiger charge is -2.32. The summed E-state index contributed by atoms with van der Waals surface area (Å²) in [6.07, 6.45) is 0.647. The standard InChI is InChI=1S/C18H19N5O3/c19-10-14-4-5-16(20-11-14)13-26-17-3-1-2-15(21-17)12-22-6-8-23(9-7-22)18(24)25/h1-5,11H,6-9,12-13H2,(H,24,25). The minimum atomic E-state index is -0.866. The second-order valence-electron chi connectivity index (χ2n) is 5.95. The summed E-state index contributed by atoms with van der Waals surface area (Å²) >= 11 is 0. The van der Waals surface area contributed by atoms with Crippen molar-refractivity contribution in [3.8, 4) is 11.9 Å². The maximum atomic E-state index is 10.9. The fourth-order valence-electron chi connectivity index (χ4n) is 2.68. The number of pyridine rings is 2. The summed E-state index contributed by atoms with van der Waals surface area (Å²) in [6.45, 7) is 3.33. The monoisotopic (exact) mass is 353 g/mol. The highest BCUT2D eigenvalue weighted by atomic mass is 16.5. The zero-order valence-corrected chi connectivity index (χ0v) is 14.2. The van der Waals surface area contributed by atoms with Gasteiger partial charge in [-0.3, -0.25) is 9.88 Å². The fraction of sp³-hybridized carbons (Fsp3) is 0.333. The molecule has 1 fully saturated rings. The summed E-state index contributed by atoms with van der Waals surface area (Å²) < 4.78 is 5.68. The average Bonchev–Trinajstić information content (AvgIpc) is 2.67. The topological polar surface area (TPSA) is 103 Å². The Kier molecular flexibility index (Phi) is 5.61. The van der Waals surface area contributed by atoms with E-state index in [9.17, 15) is 4.79 Å². The molecule has 1 aliphatic rings. The SMILES string of the molecule is N#Cc1ccc(COc2cccc(CN3CCN(C(=O)O)CC3)n2)nc1. The minimum absolute atomic E-state index is 0.277. The van der Waals surface area contributed by atoms with E-state index in [4.69, 9.17) is 15.1 Å². The van der Waals surface area contributed by atoms with Crippen LogP contribution in [0.15, 0.2) is 36.5 Å². The summed E-state index contributed by atoms with van der Waals surface area (Å²) in [4.78, 5) is 23.2. The first-order valence-electron chi connectivity index (χ1n) is 8.28. The first-order valence-corrected chi connectivity index (χ1v) is 8.28. The molecule has 1 aliphatic heterocycles. The first kappa shape index (κ1) is 17.6. The van der Waals surface area contributed by atoms with Crippen LogP contribution in [0.1, 0.15) is 17.0 Å². The molecule has 0 spiro atoms. The van der Waals surface area contributed by atoms with E-state index in [1.54, 1.807) is 18.2 Å². The third-order valence-electron chi connectivity index (χ3n) is 4.13. The number of rotatable bonds is 5. The molecule has 0 bridgehead atoms. The fourth-order valence-corrected chi connectivity index (χ4v) is 2.68. The van der Waals surface area contributed by atoms with Crippen molar-refractivity contribution in [1.82, 2.24) is 19.8 Å². The van der Waals surface area contributed by atoms with E-state index >= 15 is 0 Å². The highest BCUT2D eigenvalue weighted by Crippen LogP contribution is 2.13. The van der Waals surface area contributed by atoms with Gasteiger partial charge in [0.25, 0.3) is 0 Å². The predicted octanol–water partition coefficient (Wildman–Crippen LogP) is 1.72. The maximum Gasteiger partial charge on any atom is 0.407 e. The van der Waals surface area contributed by atoms with Gasteiger partial charge in [0.1, 0.15) is 12.7 Å². The van der Waals surface area contributed by atoms with Crippen molar-refractivity contribution in [2.75, 3.05) is 26.2 Å². The highest BCUT2D eigenvalue weighted by Gasteiger charge is 2.20. The second-order valence-corrected chi connectivity index (χ2v) is 5.95. The molecule has 3 heterocycles. The Morgan fingerprint density at radius 1 is 1.19 bits per heavy atom. The zero-order valence-electron chi connectivity index (χ0n) is 14.2. The molecule has 1 amide bonds. The third-order valence-corrected chi connectivity index (χ3v) is 4.13. The quantitative estimate of drug-likeness (QED) is 0.873. The van der Waals surface area contributed by atoms with Crippen molar-refractivity contribution >= 4 is 6.09 Å². The van der Waals surface area contributed by atoms with Gasteiger partial charge in [-0.05, 0) is 18.2 Å². The van der Waals surface area contributed by atoms with Crippen LogP contribution in [0.2, 0.25) is 0 Å². The van der Waals surface area contributed by atoms with Crippen LogP contribution >= 0.6 is 0 Å². The number of nitriles is 1. The van der Waals surface area contributed by atoms with Gasteiger partial charge >= 0.3 is 6.09 Å². The predicted molar refractivity (Wildman–Crippen MR) is 92.4 cm³/mol. The molecule has 0 saturated carbocycles. The molecule has 0 atom stereocenters. The number of nitrogens with zero attached hydrogens (tertiary/aromatic N) is 5. The molecule has 1 saturated heterocycles. The van der Waals surface area contributed by atoms with Gasteiger partial charge in [-0.1, -0.05) is 6.07 Å². The average molecular weight is 353 g/mol. The molecule has 134 valence electrons. The molecule has 0 aromatic carbocycles. The maximum absolute atomic E-state index is 10.9. The largest absolute Gasteiger partial charge is 0.471 e. The Labute approximate surface area is 151 Å². The molecular formula is C18H19N5O3. The van der Waals surface area contributed by atoms with E-state index in [1.807, 2.05) is 18.2 Å². The van der Waals surface area contributed by atoms with Crippen molar-refractivity contribution < 1.29 is 14.6 Å². The lowest BCUT2D eigenvalue weighted by molar-refractivity contribution is 0.102. The zero-order chi connectivity index (χ0) is 18.4. The number of hydrogen-bond donors (Lipinski definition) is 1. The lowest BCUT2D eigenvalue weighted by atomic mass is 10.2. The van der Waals surface area contributed by atoms with Gasteiger partial charge in [-0.15, -0.1) is 0 Å². The van der Waals surface area contributed by atoms with Crippen LogP contribution in [0, 0.1) is 11.3 Å². The first-order chi connectivity index (χ1) is 12.6. The molecule has 1 N–H and O–H groups in total. The Bertz CT molecular complexity index is 795.